The zero-order valence-electron chi connectivity index (χ0n) is 9.95. The third-order valence-electron chi connectivity index (χ3n) is 2.73. The van der Waals surface area contributed by atoms with Crippen molar-refractivity contribution in [3.8, 4) is 6.01 Å². The number of hydrogen-bond acceptors (Lipinski definition) is 5. The third-order valence-corrected chi connectivity index (χ3v) is 2.73. The molecule has 1 aromatic rings. The van der Waals surface area contributed by atoms with E-state index in [4.69, 9.17) is 14.6 Å². The third kappa shape index (κ3) is 2.51. The first-order valence-electron chi connectivity index (χ1n) is 5.78. The van der Waals surface area contributed by atoms with Crippen molar-refractivity contribution in [1.29, 1.82) is 0 Å². The van der Waals surface area contributed by atoms with E-state index in [1.807, 2.05) is 0 Å². The van der Waals surface area contributed by atoms with E-state index in [2.05, 4.69) is 4.98 Å². The van der Waals surface area contributed by atoms with Crippen LogP contribution in [0.5, 0.6) is 6.01 Å². The Labute approximate surface area is 103 Å². The molecule has 1 aliphatic heterocycles. The highest BCUT2D eigenvalue weighted by Gasteiger charge is 2.36. The van der Waals surface area contributed by atoms with Crippen LogP contribution >= 0.6 is 0 Å². The predicted molar refractivity (Wildman–Crippen MR) is 60.2 cm³/mol. The molecule has 1 aliphatic rings. The zero-order valence-corrected chi connectivity index (χ0v) is 9.95. The first kappa shape index (κ1) is 13.0. The van der Waals surface area contributed by atoms with E-state index in [-0.39, 0.29) is 19.0 Å². The van der Waals surface area contributed by atoms with Gasteiger partial charge in [-0.15, -0.1) is 0 Å². The Morgan fingerprint density at radius 2 is 2.50 bits per heavy atom. The highest BCUT2D eigenvalue weighted by Crippen LogP contribution is 2.32. The van der Waals surface area contributed by atoms with Crippen molar-refractivity contribution < 1.29 is 19.0 Å². The molecule has 1 N–H and O–H groups in total. The smallest absolute Gasteiger partial charge is 0.301 e. The lowest BCUT2D eigenvalue weighted by atomic mass is 10.2. The summed E-state index contributed by atoms with van der Waals surface area (Å²) in [6.45, 7) is 1.72. The molecule has 18 heavy (non-hydrogen) atoms. The number of hydrogen-bond donors (Lipinski definition) is 1. The molecule has 7 heteroatoms. The molecule has 3 atom stereocenters. The summed E-state index contributed by atoms with van der Waals surface area (Å²) < 4.78 is 25.5. The van der Waals surface area contributed by atoms with Gasteiger partial charge in [0.1, 0.15) is 18.5 Å². The molecular formula is C11H15FN2O4. The van der Waals surface area contributed by atoms with Crippen LogP contribution in [0.1, 0.15) is 19.6 Å². The van der Waals surface area contributed by atoms with Gasteiger partial charge in [-0.25, -0.2) is 4.39 Å². The second-order valence-corrected chi connectivity index (χ2v) is 3.95. The molecule has 0 amide bonds. The van der Waals surface area contributed by atoms with Gasteiger partial charge < -0.3 is 14.6 Å². The molecule has 0 aliphatic carbocycles. The van der Waals surface area contributed by atoms with Crippen LogP contribution in [0, 0.1) is 0 Å². The summed E-state index contributed by atoms with van der Waals surface area (Å²) in [4.78, 5) is 14.9. The summed E-state index contributed by atoms with van der Waals surface area (Å²) in [5.41, 5.74) is -0.428. The molecule has 2 rings (SSSR count). The summed E-state index contributed by atoms with van der Waals surface area (Å²) in [5, 5.41) is 8.95. The van der Waals surface area contributed by atoms with Gasteiger partial charge in [-0.2, -0.15) is 4.98 Å². The van der Waals surface area contributed by atoms with E-state index in [0.29, 0.717) is 6.61 Å². The van der Waals surface area contributed by atoms with Gasteiger partial charge in [-0.3, -0.25) is 9.36 Å². The first-order valence-corrected chi connectivity index (χ1v) is 5.78. The Morgan fingerprint density at radius 1 is 1.72 bits per heavy atom. The number of nitrogens with zero attached hydrogens (tertiary/aromatic N) is 2. The molecule has 0 radical (unpaired) electrons. The minimum Gasteiger partial charge on any atom is -0.465 e. The lowest BCUT2D eigenvalue weighted by molar-refractivity contribution is -0.0374. The second kappa shape index (κ2) is 5.45. The van der Waals surface area contributed by atoms with Crippen molar-refractivity contribution in [3.63, 3.8) is 0 Å². The summed E-state index contributed by atoms with van der Waals surface area (Å²) in [6, 6.07) is 1.35. The molecule has 2 heterocycles. The predicted octanol–water partition coefficient (Wildman–Crippen LogP) is 0.260. The number of ether oxygens (including phenoxy) is 2. The number of halogens is 1. The van der Waals surface area contributed by atoms with Crippen LogP contribution in [0.15, 0.2) is 17.1 Å². The van der Waals surface area contributed by atoms with Crippen LogP contribution in [0.4, 0.5) is 4.39 Å². The summed E-state index contributed by atoms with van der Waals surface area (Å²) in [5.74, 6) is 0. The fourth-order valence-corrected chi connectivity index (χ4v) is 1.88. The maximum absolute atomic E-state index is 13.5. The van der Waals surface area contributed by atoms with Crippen LogP contribution < -0.4 is 10.3 Å². The van der Waals surface area contributed by atoms with Crippen molar-refractivity contribution in [3.05, 3.63) is 22.6 Å². The highest BCUT2D eigenvalue weighted by molar-refractivity contribution is 5.01. The fourth-order valence-electron chi connectivity index (χ4n) is 1.88. The van der Waals surface area contributed by atoms with Gasteiger partial charge in [0, 0.05) is 18.7 Å². The molecule has 1 fully saturated rings. The summed E-state index contributed by atoms with van der Waals surface area (Å²) >= 11 is 0. The molecular weight excluding hydrogens is 243 g/mol. The minimum absolute atomic E-state index is 0.0931. The maximum Gasteiger partial charge on any atom is 0.301 e. The average Bonchev–Trinajstić information content (AvgIpc) is 2.71. The van der Waals surface area contributed by atoms with Gasteiger partial charge in [-0.1, -0.05) is 0 Å². The molecule has 100 valence electrons. The summed E-state index contributed by atoms with van der Waals surface area (Å²) in [6.07, 6.45) is -1.16. The molecule has 0 spiro atoms. The van der Waals surface area contributed by atoms with Crippen molar-refractivity contribution in [2.45, 2.75) is 31.8 Å². The normalized spacial score (nSPS) is 27.4. The lowest BCUT2D eigenvalue weighted by Gasteiger charge is -2.18. The molecule has 0 saturated carbocycles. The molecule has 1 saturated heterocycles. The number of rotatable bonds is 4. The van der Waals surface area contributed by atoms with E-state index < -0.39 is 24.1 Å². The largest absolute Gasteiger partial charge is 0.465 e. The van der Waals surface area contributed by atoms with Gasteiger partial charge in [0.05, 0.1) is 13.2 Å². The van der Waals surface area contributed by atoms with Crippen LogP contribution in [0.2, 0.25) is 0 Å². The zero-order chi connectivity index (χ0) is 13.1. The number of aliphatic hydroxyl groups is 1. The Morgan fingerprint density at radius 3 is 3.11 bits per heavy atom. The van der Waals surface area contributed by atoms with Gasteiger partial charge in [0.15, 0.2) is 0 Å². The number of aliphatic hydroxyl groups excluding tert-OH is 1. The van der Waals surface area contributed by atoms with Crippen LogP contribution in [0.3, 0.4) is 0 Å². The van der Waals surface area contributed by atoms with Gasteiger partial charge >= 0.3 is 6.01 Å². The monoisotopic (exact) mass is 258 g/mol. The number of alkyl halides is 1. The molecule has 1 aromatic heterocycles. The Hall–Kier alpha value is -1.47. The van der Waals surface area contributed by atoms with Crippen LogP contribution in [-0.2, 0) is 4.74 Å². The Kier molecular flexibility index (Phi) is 3.93. The lowest BCUT2D eigenvalue weighted by Crippen LogP contribution is -2.22. The van der Waals surface area contributed by atoms with E-state index in [9.17, 15) is 9.18 Å². The maximum atomic E-state index is 13.5. The van der Waals surface area contributed by atoms with Gasteiger partial charge in [0.2, 0.25) is 0 Å². The summed E-state index contributed by atoms with van der Waals surface area (Å²) in [7, 11) is 0. The van der Waals surface area contributed by atoms with E-state index in [1.165, 1.54) is 16.8 Å². The van der Waals surface area contributed by atoms with Gasteiger partial charge in [-0.05, 0) is 6.92 Å². The van der Waals surface area contributed by atoms with E-state index >= 15 is 0 Å². The van der Waals surface area contributed by atoms with E-state index in [0.717, 1.165) is 0 Å². The van der Waals surface area contributed by atoms with Crippen molar-refractivity contribution in [2.24, 2.45) is 0 Å². The molecule has 0 aromatic carbocycles. The van der Waals surface area contributed by atoms with Gasteiger partial charge in [0.25, 0.3) is 5.56 Å². The fraction of sp³-hybridized carbons (Fsp3) is 0.636. The Bertz CT molecular complexity index is 465. The first-order chi connectivity index (χ1) is 8.65. The topological polar surface area (TPSA) is 73.6 Å². The highest BCUT2D eigenvalue weighted by atomic mass is 19.1. The van der Waals surface area contributed by atoms with E-state index in [1.54, 1.807) is 6.92 Å². The van der Waals surface area contributed by atoms with Crippen LogP contribution in [0.25, 0.3) is 0 Å². The quantitative estimate of drug-likeness (QED) is 0.838. The minimum atomic E-state index is -1.24. The van der Waals surface area contributed by atoms with Crippen molar-refractivity contribution in [1.82, 2.24) is 9.55 Å². The van der Waals surface area contributed by atoms with Crippen molar-refractivity contribution >= 4 is 0 Å². The van der Waals surface area contributed by atoms with Crippen LogP contribution in [-0.4, -0.2) is 40.1 Å². The number of aromatic nitrogens is 2. The second-order valence-electron chi connectivity index (χ2n) is 3.95. The average molecular weight is 258 g/mol. The Balaban J connectivity index is 2.25. The SMILES string of the molecule is CCOc1nc(=O)ccn1[C@@H]1C[C@H](F)[C@@H](CO)O1. The molecule has 6 nitrogen and oxygen atoms in total. The molecule has 0 bridgehead atoms. The van der Waals surface area contributed by atoms with Crippen molar-refractivity contribution in [2.75, 3.05) is 13.2 Å². The standard InChI is InChI=1S/C11H15FN2O4/c1-2-17-11-13-9(16)3-4-14(11)10-5-7(12)8(6-15)18-10/h3-4,7-8,10,15H,2,5-6H2,1H3/t7-,8+,10-/m0/s1. The molecule has 0 unspecified atom stereocenters.